The third kappa shape index (κ3) is 2.55. The highest BCUT2D eigenvalue weighted by Crippen LogP contribution is 2.52. The summed E-state index contributed by atoms with van der Waals surface area (Å²) in [5.74, 6) is 1.53. The highest BCUT2D eigenvalue weighted by molar-refractivity contribution is 5.00. The maximum absolute atomic E-state index is 10.5. The first kappa shape index (κ1) is 11.4. The van der Waals surface area contributed by atoms with Crippen molar-refractivity contribution in [3.8, 4) is 0 Å². The predicted molar refractivity (Wildman–Crippen MR) is 63.8 cm³/mol. The van der Waals surface area contributed by atoms with E-state index in [1.54, 1.807) is 0 Å². The lowest BCUT2D eigenvalue weighted by molar-refractivity contribution is -0.0225. The van der Waals surface area contributed by atoms with Crippen molar-refractivity contribution in [3.63, 3.8) is 0 Å². The molecule has 2 aliphatic carbocycles. The van der Waals surface area contributed by atoms with Crippen molar-refractivity contribution in [2.24, 2.45) is 11.8 Å². The fourth-order valence-electron chi connectivity index (χ4n) is 3.76. The van der Waals surface area contributed by atoms with Gasteiger partial charge in [-0.2, -0.15) is 0 Å². The fourth-order valence-corrected chi connectivity index (χ4v) is 3.76. The van der Waals surface area contributed by atoms with E-state index >= 15 is 0 Å². The van der Waals surface area contributed by atoms with Gasteiger partial charge in [-0.1, -0.05) is 39.0 Å². The summed E-state index contributed by atoms with van der Waals surface area (Å²) in [4.78, 5) is 0. The Morgan fingerprint density at radius 2 is 1.93 bits per heavy atom. The third-order valence-corrected chi connectivity index (χ3v) is 4.66. The van der Waals surface area contributed by atoms with Crippen molar-refractivity contribution in [2.75, 3.05) is 0 Å². The predicted octanol–water partition coefficient (Wildman–Crippen LogP) is 3.90. The Kier molecular flexibility index (Phi) is 3.71. The number of rotatable bonds is 6. The number of aliphatic hydroxyl groups is 1. The van der Waals surface area contributed by atoms with E-state index in [0.29, 0.717) is 5.92 Å². The van der Waals surface area contributed by atoms with Gasteiger partial charge in [-0.15, -0.1) is 0 Å². The lowest BCUT2D eigenvalue weighted by Gasteiger charge is -2.32. The summed E-state index contributed by atoms with van der Waals surface area (Å²) in [7, 11) is 0. The number of hydrogen-bond acceptors (Lipinski definition) is 1. The lowest BCUT2D eigenvalue weighted by atomic mass is 9.80. The minimum Gasteiger partial charge on any atom is -0.390 e. The fraction of sp³-hybridized carbons (Fsp3) is 1.00. The van der Waals surface area contributed by atoms with E-state index < -0.39 is 0 Å². The molecule has 2 rings (SSSR count). The molecule has 88 valence electrons. The topological polar surface area (TPSA) is 20.2 Å². The third-order valence-electron chi connectivity index (χ3n) is 4.66. The summed E-state index contributed by atoms with van der Waals surface area (Å²) in [5, 5.41) is 10.5. The highest BCUT2D eigenvalue weighted by atomic mass is 16.3. The van der Waals surface area contributed by atoms with E-state index in [-0.39, 0.29) is 5.60 Å². The van der Waals surface area contributed by atoms with Crippen LogP contribution in [0, 0.1) is 11.8 Å². The monoisotopic (exact) mass is 210 g/mol. The summed E-state index contributed by atoms with van der Waals surface area (Å²) >= 11 is 0. The Bertz CT molecular complexity index is 202. The van der Waals surface area contributed by atoms with Crippen LogP contribution in [0.5, 0.6) is 0 Å². The van der Waals surface area contributed by atoms with Crippen LogP contribution in [0.25, 0.3) is 0 Å². The minimum absolute atomic E-state index is 0.241. The van der Waals surface area contributed by atoms with Crippen molar-refractivity contribution >= 4 is 0 Å². The summed E-state index contributed by atoms with van der Waals surface area (Å²) in [6.07, 6.45) is 12.8. The first-order valence-corrected chi connectivity index (χ1v) is 6.97. The van der Waals surface area contributed by atoms with Crippen LogP contribution in [0.1, 0.15) is 71.1 Å². The van der Waals surface area contributed by atoms with Crippen molar-refractivity contribution in [1.82, 2.24) is 0 Å². The molecular weight excluding hydrogens is 184 g/mol. The van der Waals surface area contributed by atoms with Crippen LogP contribution in [0.2, 0.25) is 0 Å². The molecule has 3 unspecified atom stereocenters. The molecule has 0 radical (unpaired) electrons. The van der Waals surface area contributed by atoms with Crippen LogP contribution >= 0.6 is 0 Å². The molecule has 0 aromatic carbocycles. The van der Waals surface area contributed by atoms with E-state index in [1.165, 1.54) is 51.4 Å². The molecule has 0 amide bonds. The van der Waals surface area contributed by atoms with E-state index in [0.717, 1.165) is 18.8 Å². The van der Waals surface area contributed by atoms with Crippen LogP contribution in [-0.2, 0) is 0 Å². The van der Waals surface area contributed by atoms with E-state index in [1.807, 2.05) is 0 Å². The van der Waals surface area contributed by atoms with Gasteiger partial charge in [-0.25, -0.2) is 0 Å². The molecule has 1 heteroatoms. The molecule has 2 saturated carbocycles. The molecule has 0 saturated heterocycles. The molecule has 0 spiro atoms. The molecule has 2 bridgehead atoms. The first-order chi connectivity index (χ1) is 7.24. The van der Waals surface area contributed by atoms with Gasteiger partial charge in [0.25, 0.3) is 0 Å². The van der Waals surface area contributed by atoms with Gasteiger partial charge >= 0.3 is 0 Å². The van der Waals surface area contributed by atoms with Gasteiger partial charge in [-0.05, 0) is 43.9 Å². The van der Waals surface area contributed by atoms with E-state index in [4.69, 9.17) is 0 Å². The molecule has 1 nitrogen and oxygen atoms in total. The molecule has 2 fully saturated rings. The van der Waals surface area contributed by atoms with E-state index in [2.05, 4.69) is 6.92 Å². The van der Waals surface area contributed by atoms with Gasteiger partial charge < -0.3 is 5.11 Å². The minimum atomic E-state index is -0.241. The molecule has 0 heterocycles. The second-order valence-corrected chi connectivity index (χ2v) is 5.85. The molecule has 3 atom stereocenters. The molecule has 1 N–H and O–H groups in total. The standard InChI is InChI=1S/C14H26O/c1-2-3-4-5-6-9-14(15)11-12-7-8-13(14)10-12/h12-13,15H,2-11H2,1H3. The van der Waals surface area contributed by atoms with Crippen LogP contribution < -0.4 is 0 Å². The van der Waals surface area contributed by atoms with Gasteiger partial charge in [0.05, 0.1) is 5.60 Å². The molecule has 2 aliphatic rings. The van der Waals surface area contributed by atoms with Crippen LogP contribution in [0.4, 0.5) is 0 Å². The average molecular weight is 210 g/mol. The summed E-state index contributed by atoms with van der Waals surface area (Å²) in [6.45, 7) is 2.25. The Hall–Kier alpha value is -0.0400. The Morgan fingerprint density at radius 3 is 2.53 bits per heavy atom. The summed E-state index contributed by atoms with van der Waals surface area (Å²) in [5.41, 5.74) is -0.241. The van der Waals surface area contributed by atoms with Crippen molar-refractivity contribution in [1.29, 1.82) is 0 Å². The largest absolute Gasteiger partial charge is 0.390 e. The number of unbranched alkanes of at least 4 members (excludes halogenated alkanes) is 4. The highest BCUT2D eigenvalue weighted by Gasteiger charge is 2.48. The second kappa shape index (κ2) is 4.86. The Balaban J connectivity index is 1.66. The van der Waals surface area contributed by atoms with Crippen LogP contribution in [-0.4, -0.2) is 10.7 Å². The Morgan fingerprint density at radius 1 is 1.13 bits per heavy atom. The Labute approximate surface area is 94.3 Å². The van der Waals surface area contributed by atoms with Gasteiger partial charge in [0.1, 0.15) is 0 Å². The number of hydrogen-bond donors (Lipinski definition) is 1. The van der Waals surface area contributed by atoms with Crippen LogP contribution in [0.15, 0.2) is 0 Å². The van der Waals surface area contributed by atoms with Crippen molar-refractivity contribution in [2.45, 2.75) is 76.7 Å². The van der Waals surface area contributed by atoms with Gasteiger partial charge in [0.2, 0.25) is 0 Å². The molecule has 15 heavy (non-hydrogen) atoms. The zero-order valence-corrected chi connectivity index (χ0v) is 10.2. The maximum Gasteiger partial charge on any atom is 0.0678 e. The van der Waals surface area contributed by atoms with Gasteiger partial charge in [-0.3, -0.25) is 0 Å². The number of fused-ring (bicyclic) bond motifs is 2. The second-order valence-electron chi connectivity index (χ2n) is 5.85. The summed E-state index contributed by atoms with van der Waals surface area (Å²) in [6, 6.07) is 0. The lowest BCUT2D eigenvalue weighted by Crippen LogP contribution is -2.34. The van der Waals surface area contributed by atoms with E-state index in [9.17, 15) is 5.11 Å². The van der Waals surface area contributed by atoms with Crippen molar-refractivity contribution < 1.29 is 5.11 Å². The van der Waals surface area contributed by atoms with Gasteiger partial charge in [0.15, 0.2) is 0 Å². The normalized spacial score (nSPS) is 38.8. The smallest absolute Gasteiger partial charge is 0.0678 e. The maximum atomic E-state index is 10.5. The first-order valence-electron chi connectivity index (χ1n) is 6.97. The quantitative estimate of drug-likeness (QED) is 0.659. The van der Waals surface area contributed by atoms with Crippen molar-refractivity contribution in [3.05, 3.63) is 0 Å². The zero-order valence-electron chi connectivity index (χ0n) is 10.2. The SMILES string of the molecule is CCCCCCCC1(O)CC2CCC1C2. The average Bonchev–Trinajstić information content (AvgIpc) is 2.77. The molecule has 0 aromatic heterocycles. The molecule has 0 aliphatic heterocycles. The van der Waals surface area contributed by atoms with Gasteiger partial charge in [0, 0.05) is 0 Å². The zero-order chi connectivity index (χ0) is 10.7. The molecule has 0 aromatic rings. The molecular formula is C14H26O. The van der Waals surface area contributed by atoms with Crippen LogP contribution in [0.3, 0.4) is 0 Å². The summed E-state index contributed by atoms with van der Waals surface area (Å²) < 4.78 is 0.